The van der Waals surface area contributed by atoms with E-state index < -0.39 is 0 Å². The Morgan fingerprint density at radius 1 is 1.17 bits per heavy atom. The van der Waals surface area contributed by atoms with Crippen molar-refractivity contribution in [3.8, 4) is 17.4 Å². The Labute approximate surface area is 175 Å². The fraction of sp³-hybridized carbons (Fsp3) is 0.364. The van der Waals surface area contributed by atoms with Gasteiger partial charge in [-0.15, -0.1) is 10.2 Å². The fourth-order valence-electron chi connectivity index (χ4n) is 3.84. The number of hydrogen-bond acceptors (Lipinski definition) is 6. The summed E-state index contributed by atoms with van der Waals surface area (Å²) in [6.45, 7) is 4.53. The van der Waals surface area contributed by atoms with E-state index in [1.54, 1.807) is 23.9 Å². The molecule has 0 unspecified atom stereocenters. The first-order valence-corrected chi connectivity index (χ1v) is 9.99. The monoisotopic (exact) mass is 407 g/mol. The summed E-state index contributed by atoms with van der Waals surface area (Å²) in [6.07, 6.45) is 1.89. The average molecular weight is 407 g/mol. The average Bonchev–Trinajstić information content (AvgIpc) is 3.39. The summed E-state index contributed by atoms with van der Waals surface area (Å²) in [4.78, 5) is 14.7. The topological polar surface area (TPSA) is 82.4 Å². The van der Waals surface area contributed by atoms with Crippen LogP contribution in [-0.4, -0.2) is 51.0 Å². The molecule has 1 aliphatic rings. The highest BCUT2D eigenvalue weighted by Crippen LogP contribution is 2.33. The van der Waals surface area contributed by atoms with Gasteiger partial charge >= 0.3 is 0 Å². The SMILES string of the molecule is COc1cccc([C@@H]2CCCN2C(=O)COc2ccc(-n3nc(C)cc3C)nn2)c1. The highest BCUT2D eigenvalue weighted by Gasteiger charge is 2.30. The normalized spacial score (nSPS) is 16.0. The lowest BCUT2D eigenvalue weighted by Gasteiger charge is -2.25. The van der Waals surface area contributed by atoms with Crippen LogP contribution in [0.2, 0.25) is 0 Å². The van der Waals surface area contributed by atoms with Gasteiger partial charge in [-0.05, 0) is 56.5 Å². The number of carbonyl (C=O) groups excluding carboxylic acids is 1. The lowest BCUT2D eigenvalue weighted by atomic mass is 10.0. The molecule has 1 saturated heterocycles. The van der Waals surface area contributed by atoms with Crippen LogP contribution < -0.4 is 9.47 Å². The molecule has 0 aliphatic carbocycles. The van der Waals surface area contributed by atoms with E-state index in [2.05, 4.69) is 15.3 Å². The van der Waals surface area contributed by atoms with Crippen molar-refractivity contribution in [3.63, 3.8) is 0 Å². The number of nitrogens with zero attached hydrogens (tertiary/aromatic N) is 5. The number of carbonyl (C=O) groups is 1. The third-order valence-corrected chi connectivity index (χ3v) is 5.25. The minimum Gasteiger partial charge on any atom is -0.497 e. The second-order valence-corrected chi connectivity index (χ2v) is 7.38. The maximum Gasteiger partial charge on any atom is 0.261 e. The van der Waals surface area contributed by atoms with Gasteiger partial charge in [0.1, 0.15) is 5.75 Å². The second-order valence-electron chi connectivity index (χ2n) is 7.38. The van der Waals surface area contributed by atoms with Crippen LogP contribution in [0.1, 0.15) is 35.8 Å². The number of likely N-dealkylation sites (tertiary alicyclic amines) is 1. The summed E-state index contributed by atoms with van der Waals surface area (Å²) in [5.74, 6) is 1.65. The molecule has 1 aromatic carbocycles. The van der Waals surface area contributed by atoms with Crippen LogP contribution in [-0.2, 0) is 4.79 Å². The Balaban J connectivity index is 1.39. The summed E-state index contributed by atoms with van der Waals surface area (Å²) >= 11 is 0. The van der Waals surface area contributed by atoms with Crippen molar-refractivity contribution in [2.45, 2.75) is 32.7 Å². The van der Waals surface area contributed by atoms with Crippen molar-refractivity contribution in [1.29, 1.82) is 0 Å². The molecule has 1 amide bonds. The van der Waals surface area contributed by atoms with Crippen molar-refractivity contribution in [3.05, 3.63) is 59.4 Å². The minimum atomic E-state index is -0.0750. The molecule has 30 heavy (non-hydrogen) atoms. The van der Waals surface area contributed by atoms with Crippen molar-refractivity contribution >= 4 is 5.91 Å². The Kier molecular flexibility index (Phi) is 5.65. The number of amides is 1. The predicted octanol–water partition coefficient (Wildman–Crippen LogP) is 3.03. The molecule has 0 spiro atoms. The van der Waals surface area contributed by atoms with E-state index in [4.69, 9.17) is 9.47 Å². The quantitative estimate of drug-likeness (QED) is 0.625. The number of ether oxygens (including phenoxy) is 2. The molecule has 2 aromatic heterocycles. The van der Waals surface area contributed by atoms with Gasteiger partial charge < -0.3 is 14.4 Å². The zero-order valence-electron chi connectivity index (χ0n) is 17.4. The van der Waals surface area contributed by atoms with E-state index in [0.29, 0.717) is 18.2 Å². The number of rotatable bonds is 6. The summed E-state index contributed by atoms with van der Waals surface area (Å²) in [7, 11) is 1.64. The van der Waals surface area contributed by atoms with Crippen LogP contribution in [0, 0.1) is 13.8 Å². The zero-order chi connectivity index (χ0) is 21.1. The highest BCUT2D eigenvalue weighted by molar-refractivity contribution is 5.78. The Morgan fingerprint density at radius 2 is 2.03 bits per heavy atom. The van der Waals surface area contributed by atoms with Crippen LogP contribution in [0.25, 0.3) is 5.82 Å². The van der Waals surface area contributed by atoms with E-state index in [0.717, 1.165) is 35.5 Å². The molecule has 1 aliphatic heterocycles. The first-order chi connectivity index (χ1) is 14.5. The summed E-state index contributed by atoms with van der Waals surface area (Å²) in [5, 5.41) is 12.6. The van der Waals surface area contributed by atoms with E-state index >= 15 is 0 Å². The van der Waals surface area contributed by atoms with Crippen molar-refractivity contribution in [2.24, 2.45) is 0 Å². The number of hydrogen-bond donors (Lipinski definition) is 0. The fourth-order valence-corrected chi connectivity index (χ4v) is 3.84. The van der Waals surface area contributed by atoms with E-state index in [1.165, 1.54) is 0 Å². The Morgan fingerprint density at radius 3 is 2.73 bits per heavy atom. The van der Waals surface area contributed by atoms with Crippen molar-refractivity contribution < 1.29 is 14.3 Å². The summed E-state index contributed by atoms with van der Waals surface area (Å²) in [6, 6.07) is 13.4. The number of benzene rings is 1. The van der Waals surface area contributed by atoms with E-state index in [9.17, 15) is 4.79 Å². The molecule has 8 heteroatoms. The molecule has 0 saturated carbocycles. The van der Waals surface area contributed by atoms with Crippen LogP contribution >= 0.6 is 0 Å². The molecule has 0 bridgehead atoms. The molecule has 1 atom stereocenters. The maximum atomic E-state index is 12.8. The Bertz CT molecular complexity index is 1030. The molecule has 4 rings (SSSR count). The standard InChI is InChI=1S/C22H25N5O3/c1-15-12-16(2)27(25-15)20-9-10-21(24-23-20)30-14-22(28)26-11-5-8-19(26)17-6-4-7-18(13-17)29-3/h4,6-7,9-10,12-13,19H,5,8,11,14H2,1-3H3/t19-/m0/s1. The van der Waals surface area contributed by atoms with Gasteiger partial charge in [-0.25, -0.2) is 4.68 Å². The van der Waals surface area contributed by atoms with Crippen LogP contribution in [0.5, 0.6) is 11.6 Å². The third kappa shape index (κ3) is 4.12. The van der Waals surface area contributed by atoms with E-state index in [-0.39, 0.29) is 18.6 Å². The predicted molar refractivity (Wildman–Crippen MR) is 111 cm³/mol. The number of methoxy groups -OCH3 is 1. The highest BCUT2D eigenvalue weighted by atomic mass is 16.5. The van der Waals surface area contributed by atoms with Gasteiger partial charge in [-0.3, -0.25) is 4.79 Å². The van der Waals surface area contributed by atoms with Crippen LogP contribution in [0.3, 0.4) is 0 Å². The molecular formula is C22H25N5O3. The molecule has 1 fully saturated rings. The first kappa shape index (κ1) is 19.9. The first-order valence-electron chi connectivity index (χ1n) is 9.99. The Hall–Kier alpha value is -3.42. The smallest absolute Gasteiger partial charge is 0.261 e. The molecular weight excluding hydrogens is 382 g/mol. The van der Waals surface area contributed by atoms with Gasteiger partial charge in [-0.2, -0.15) is 5.10 Å². The van der Waals surface area contributed by atoms with Gasteiger partial charge in [0.25, 0.3) is 5.91 Å². The lowest BCUT2D eigenvalue weighted by molar-refractivity contribution is -0.134. The molecule has 0 N–H and O–H groups in total. The maximum absolute atomic E-state index is 12.8. The van der Waals surface area contributed by atoms with E-state index in [1.807, 2.05) is 49.1 Å². The van der Waals surface area contributed by atoms with Gasteiger partial charge in [-0.1, -0.05) is 12.1 Å². The van der Waals surface area contributed by atoms with Gasteiger partial charge in [0.2, 0.25) is 5.88 Å². The molecule has 156 valence electrons. The largest absolute Gasteiger partial charge is 0.497 e. The lowest BCUT2D eigenvalue weighted by Crippen LogP contribution is -2.34. The van der Waals surface area contributed by atoms with Crippen LogP contribution in [0.15, 0.2) is 42.5 Å². The number of aryl methyl sites for hydroxylation is 2. The van der Waals surface area contributed by atoms with Gasteiger partial charge in [0, 0.05) is 18.3 Å². The van der Waals surface area contributed by atoms with Gasteiger partial charge in [0.15, 0.2) is 12.4 Å². The molecule has 8 nitrogen and oxygen atoms in total. The molecule has 3 heterocycles. The zero-order valence-corrected chi connectivity index (χ0v) is 17.4. The number of aromatic nitrogens is 4. The van der Waals surface area contributed by atoms with Crippen molar-refractivity contribution in [1.82, 2.24) is 24.9 Å². The molecule has 3 aromatic rings. The van der Waals surface area contributed by atoms with Crippen molar-refractivity contribution in [2.75, 3.05) is 20.3 Å². The summed E-state index contributed by atoms with van der Waals surface area (Å²) in [5.41, 5.74) is 2.97. The molecule has 0 radical (unpaired) electrons. The second kappa shape index (κ2) is 8.52. The van der Waals surface area contributed by atoms with Gasteiger partial charge in [0.05, 0.1) is 18.8 Å². The minimum absolute atomic E-state index is 0.0377. The van der Waals surface area contributed by atoms with Crippen LogP contribution in [0.4, 0.5) is 0 Å². The summed E-state index contributed by atoms with van der Waals surface area (Å²) < 4.78 is 12.7. The third-order valence-electron chi connectivity index (χ3n) is 5.25.